The first-order valence-corrected chi connectivity index (χ1v) is 9.82. The molecular formula is C26H20F2N2O. The topological polar surface area (TPSA) is 42.0 Å². The molecule has 0 atom stereocenters. The summed E-state index contributed by atoms with van der Waals surface area (Å²) < 4.78 is 28.8. The van der Waals surface area contributed by atoms with Gasteiger partial charge >= 0.3 is 0 Å². The number of halogens is 2. The molecule has 31 heavy (non-hydrogen) atoms. The van der Waals surface area contributed by atoms with Crippen LogP contribution >= 0.6 is 0 Å². The zero-order valence-corrected chi connectivity index (χ0v) is 17.1. The van der Waals surface area contributed by atoms with Crippen molar-refractivity contribution < 1.29 is 13.6 Å². The number of benzene rings is 3. The number of rotatable bonds is 4. The summed E-state index contributed by atoms with van der Waals surface area (Å²) in [5.74, 6) is -1.46. The molecule has 0 saturated heterocycles. The van der Waals surface area contributed by atoms with Crippen LogP contribution in [0.1, 0.15) is 21.5 Å². The Hall–Kier alpha value is -3.86. The first-order valence-electron chi connectivity index (χ1n) is 9.82. The second kappa shape index (κ2) is 8.48. The van der Waals surface area contributed by atoms with Crippen molar-refractivity contribution in [3.05, 3.63) is 107 Å². The molecule has 0 aliphatic heterocycles. The number of carbonyl (C=O) groups excluding carboxylic acids is 1. The van der Waals surface area contributed by atoms with E-state index in [9.17, 15) is 13.6 Å². The molecule has 4 rings (SSSR count). The van der Waals surface area contributed by atoms with Crippen molar-refractivity contribution in [3.8, 4) is 22.3 Å². The van der Waals surface area contributed by atoms with Crippen LogP contribution in [0.25, 0.3) is 22.3 Å². The fourth-order valence-corrected chi connectivity index (χ4v) is 3.68. The van der Waals surface area contributed by atoms with E-state index in [1.165, 1.54) is 24.3 Å². The molecule has 0 radical (unpaired) electrons. The molecule has 1 N–H and O–H groups in total. The van der Waals surface area contributed by atoms with Gasteiger partial charge in [-0.1, -0.05) is 30.3 Å². The largest absolute Gasteiger partial charge is 0.322 e. The minimum atomic E-state index is -0.613. The van der Waals surface area contributed by atoms with Gasteiger partial charge in [0.05, 0.1) is 5.56 Å². The smallest absolute Gasteiger partial charge is 0.256 e. The first kappa shape index (κ1) is 20.4. The summed E-state index contributed by atoms with van der Waals surface area (Å²) in [6.45, 7) is 3.80. The summed E-state index contributed by atoms with van der Waals surface area (Å²) >= 11 is 0. The molecule has 1 heterocycles. The summed E-state index contributed by atoms with van der Waals surface area (Å²) in [7, 11) is 0. The Morgan fingerprint density at radius 2 is 1.48 bits per heavy atom. The van der Waals surface area contributed by atoms with Crippen molar-refractivity contribution in [2.75, 3.05) is 5.32 Å². The molecule has 154 valence electrons. The van der Waals surface area contributed by atoms with Gasteiger partial charge in [-0.3, -0.25) is 9.78 Å². The van der Waals surface area contributed by atoms with Gasteiger partial charge in [-0.15, -0.1) is 0 Å². The normalized spacial score (nSPS) is 10.7. The SMILES string of the molecule is Cc1ccc(C)c(-c2ccncc2)c1C(=O)Nc1ccc(-c2ccccc2F)c(F)c1. The molecule has 0 aliphatic carbocycles. The number of carbonyl (C=O) groups is 1. The predicted molar refractivity (Wildman–Crippen MR) is 119 cm³/mol. The average molecular weight is 414 g/mol. The maximum atomic E-state index is 14.7. The van der Waals surface area contributed by atoms with E-state index in [1.54, 1.807) is 30.6 Å². The number of hydrogen-bond donors (Lipinski definition) is 1. The molecule has 0 bridgehead atoms. The molecule has 0 spiro atoms. The zero-order valence-electron chi connectivity index (χ0n) is 17.1. The maximum absolute atomic E-state index is 14.7. The monoisotopic (exact) mass is 414 g/mol. The lowest BCUT2D eigenvalue weighted by Gasteiger charge is -2.16. The van der Waals surface area contributed by atoms with E-state index in [0.717, 1.165) is 22.3 Å². The predicted octanol–water partition coefficient (Wildman–Crippen LogP) is 6.56. The van der Waals surface area contributed by atoms with Gasteiger partial charge in [0.1, 0.15) is 11.6 Å². The van der Waals surface area contributed by atoms with Crippen LogP contribution in [-0.4, -0.2) is 10.9 Å². The fourth-order valence-electron chi connectivity index (χ4n) is 3.68. The number of amides is 1. The highest BCUT2D eigenvalue weighted by atomic mass is 19.1. The third-order valence-electron chi connectivity index (χ3n) is 5.21. The lowest BCUT2D eigenvalue weighted by molar-refractivity contribution is 0.102. The Morgan fingerprint density at radius 1 is 0.806 bits per heavy atom. The molecule has 4 aromatic rings. The first-order chi connectivity index (χ1) is 15.0. The van der Waals surface area contributed by atoms with Gasteiger partial charge in [0.2, 0.25) is 0 Å². The van der Waals surface area contributed by atoms with Gasteiger partial charge in [-0.2, -0.15) is 0 Å². The average Bonchev–Trinajstić information content (AvgIpc) is 2.76. The van der Waals surface area contributed by atoms with Crippen LogP contribution in [0.3, 0.4) is 0 Å². The van der Waals surface area contributed by atoms with Crippen molar-refractivity contribution in [1.82, 2.24) is 4.98 Å². The molecule has 5 heteroatoms. The van der Waals surface area contributed by atoms with E-state index in [4.69, 9.17) is 0 Å². The van der Waals surface area contributed by atoms with Crippen LogP contribution < -0.4 is 5.32 Å². The highest BCUT2D eigenvalue weighted by Crippen LogP contribution is 2.31. The van der Waals surface area contributed by atoms with Gasteiger partial charge < -0.3 is 5.32 Å². The van der Waals surface area contributed by atoms with Gasteiger partial charge in [0.15, 0.2) is 0 Å². The van der Waals surface area contributed by atoms with Crippen molar-refractivity contribution >= 4 is 11.6 Å². The van der Waals surface area contributed by atoms with Crippen molar-refractivity contribution in [2.45, 2.75) is 13.8 Å². The highest BCUT2D eigenvalue weighted by molar-refractivity contribution is 6.10. The van der Waals surface area contributed by atoms with Crippen LogP contribution in [0, 0.1) is 25.5 Å². The number of aromatic nitrogens is 1. The van der Waals surface area contributed by atoms with E-state index < -0.39 is 11.6 Å². The number of nitrogens with zero attached hydrogens (tertiary/aromatic N) is 1. The maximum Gasteiger partial charge on any atom is 0.256 e. The Morgan fingerprint density at radius 3 is 2.19 bits per heavy atom. The Bertz CT molecular complexity index is 1270. The van der Waals surface area contributed by atoms with Crippen LogP contribution in [0.2, 0.25) is 0 Å². The summed E-state index contributed by atoms with van der Waals surface area (Å²) in [4.78, 5) is 17.2. The summed E-state index contributed by atoms with van der Waals surface area (Å²) in [6.07, 6.45) is 3.35. The molecule has 0 unspecified atom stereocenters. The molecule has 3 aromatic carbocycles. The summed E-state index contributed by atoms with van der Waals surface area (Å²) in [5, 5.41) is 2.78. The summed E-state index contributed by atoms with van der Waals surface area (Å²) in [6, 6.07) is 17.8. The Kier molecular flexibility index (Phi) is 5.58. The van der Waals surface area contributed by atoms with Crippen LogP contribution in [0.4, 0.5) is 14.5 Å². The van der Waals surface area contributed by atoms with Gasteiger partial charge in [0, 0.05) is 29.2 Å². The van der Waals surface area contributed by atoms with Gasteiger partial charge in [0.25, 0.3) is 5.91 Å². The highest BCUT2D eigenvalue weighted by Gasteiger charge is 2.19. The van der Waals surface area contributed by atoms with Crippen molar-refractivity contribution in [1.29, 1.82) is 0 Å². The third-order valence-corrected chi connectivity index (χ3v) is 5.21. The second-order valence-corrected chi connectivity index (χ2v) is 7.31. The number of pyridine rings is 1. The van der Waals surface area contributed by atoms with Crippen molar-refractivity contribution in [2.24, 2.45) is 0 Å². The van der Waals surface area contributed by atoms with E-state index in [2.05, 4.69) is 10.3 Å². The molecule has 1 amide bonds. The Balaban J connectivity index is 1.69. The van der Waals surface area contributed by atoms with Crippen LogP contribution in [-0.2, 0) is 0 Å². The molecule has 0 saturated carbocycles. The third kappa shape index (κ3) is 4.08. The lowest BCUT2D eigenvalue weighted by atomic mass is 9.91. The van der Waals surface area contributed by atoms with E-state index >= 15 is 0 Å². The number of nitrogens with one attached hydrogen (secondary N) is 1. The second-order valence-electron chi connectivity index (χ2n) is 7.31. The minimum absolute atomic E-state index is 0.139. The number of aryl methyl sites for hydroxylation is 2. The van der Waals surface area contributed by atoms with Crippen LogP contribution in [0.5, 0.6) is 0 Å². The molecule has 3 nitrogen and oxygen atoms in total. The van der Waals surface area contributed by atoms with Crippen LogP contribution in [0.15, 0.2) is 79.1 Å². The Labute approximate surface area is 179 Å². The van der Waals surface area contributed by atoms with Crippen molar-refractivity contribution in [3.63, 3.8) is 0 Å². The standard InChI is InChI=1S/C26H20F2N2O/c1-16-7-8-17(2)25(24(16)18-11-13-29-14-12-18)26(31)30-19-9-10-21(23(28)15-19)20-5-3-4-6-22(20)27/h3-15H,1-2H3,(H,30,31). The van der Waals surface area contributed by atoms with E-state index in [0.29, 0.717) is 11.3 Å². The number of anilines is 1. The molecule has 0 fully saturated rings. The van der Waals surface area contributed by atoms with Gasteiger partial charge in [-0.05, 0) is 72.5 Å². The lowest BCUT2D eigenvalue weighted by Crippen LogP contribution is -2.15. The van der Waals surface area contributed by atoms with Gasteiger partial charge in [-0.25, -0.2) is 8.78 Å². The quantitative estimate of drug-likeness (QED) is 0.411. The number of hydrogen-bond acceptors (Lipinski definition) is 2. The van der Waals surface area contributed by atoms with E-state index in [1.807, 2.05) is 38.1 Å². The van der Waals surface area contributed by atoms with E-state index in [-0.39, 0.29) is 17.0 Å². The molecular weight excluding hydrogens is 394 g/mol. The molecule has 0 aliphatic rings. The zero-order chi connectivity index (χ0) is 22.0. The molecule has 1 aromatic heterocycles. The summed E-state index contributed by atoms with van der Waals surface area (Å²) in [5.41, 5.74) is 4.56. The fraction of sp³-hybridized carbons (Fsp3) is 0.0769. The minimum Gasteiger partial charge on any atom is -0.322 e.